The van der Waals surface area contributed by atoms with Crippen LogP contribution in [-0.4, -0.2) is 58.7 Å². The third-order valence-corrected chi connectivity index (χ3v) is 4.56. The van der Waals surface area contributed by atoms with Crippen LogP contribution in [0.4, 0.5) is 5.69 Å². The summed E-state index contributed by atoms with van der Waals surface area (Å²) in [6.07, 6.45) is 0. The van der Waals surface area contributed by atoms with E-state index in [-0.39, 0.29) is 47.6 Å². The lowest BCUT2D eigenvalue weighted by molar-refractivity contribution is -0.385. The number of nitrogens with zero attached hydrogens (tertiary/aromatic N) is 2. The second kappa shape index (κ2) is 13.6. The molecule has 1 aromatic rings. The van der Waals surface area contributed by atoms with Crippen LogP contribution < -0.4 is 15.4 Å². The van der Waals surface area contributed by atoms with Gasteiger partial charge in [0.1, 0.15) is 0 Å². The number of halogens is 1. The number of hydrogen-bond acceptors (Lipinski definition) is 6. The molecule has 3 N–H and O–H groups in total. The molecule has 0 unspecified atom stereocenters. The Bertz CT molecular complexity index is 714. The molecule has 0 aliphatic carbocycles. The Balaban J connectivity index is 0.00000676. The highest BCUT2D eigenvalue weighted by atomic mass is 127. The molecule has 0 aromatic heterocycles. The predicted molar refractivity (Wildman–Crippen MR) is 114 cm³/mol. The fourth-order valence-electron chi connectivity index (χ4n) is 1.92. The van der Waals surface area contributed by atoms with Crippen molar-refractivity contribution in [2.45, 2.75) is 18.7 Å². The van der Waals surface area contributed by atoms with Crippen molar-refractivity contribution in [3.63, 3.8) is 0 Å². The highest BCUT2D eigenvalue weighted by Crippen LogP contribution is 2.16. The number of nitro groups is 1. The van der Waals surface area contributed by atoms with E-state index < -0.39 is 14.9 Å². The number of ether oxygens (including phenoxy) is 1. The molecule has 0 spiro atoms. The Kier molecular flexibility index (Phi) is 12.9. The molecule has 12 heteroatoms. The molecule has 0 saturated carbocycles. The monoisotopic (exact) mass is 515 g/mol. The summed E-state index contributed by atoms with van der Waals surface area (Å²) in [5, 5.41) is 16.9. The van der Waals surface area contributed by atoms with Gasteiger partial charge in [-0.3, -0.25) is 15.1 Å². The van der Waals surface area contributed by atoms with E-state index in [1.807, 2.05) is 13.8 Å². The summed E-state index contributed by atoms with van der Waals surface area (Å²) < 4.78 is 32.0. The molecule has 0 aliphatic rings. The summed E-state index contributed by atoms with van der Waals surface area (Å²) in [4.78, 5) is 14.2. The zero-order chi connectivity index (χ0) is 19.4. The number of nitrogens with one attached hydrogen (secondary N) is 3. The van der Waals surface area contributed by atoms with Gasteiger partial charge < -0.3 is 15.4 Å². The van der Waals surface area contributed by atoms with E-state index in [0.29, 0.717) is 32.3 Å². The van der Waals surface area contributed by atoms with Gasteiger partial charge in [-0.1, -0.05) is 6.07 Å². The lowest BCUT2D eigenvalue weighted by Gasteiger charge is -2.11. The van der Waals surface area contributed by atoms with E-state index in [4.69, 9.17) is 4.74 Å². The van der Waals surface area contributed by atoms with E-state index in [2.05, 4.69) is 20.3 Å². The summed E-state index contributed by atoms with van der Waals surface area (Å²) in [7, 11) is -3.84. The minimum atomic E-state index is -3.84. The first-order valence-corrected chi connectivity index (χ1v) is 9.73. The van der Waals surface area contributed by atoms with Crippen LogP contribution in [0, 0.1) is 10.1 Å². The Hall–Kier alpha value is -1.51. The third-order valence-electron chi connectivity index (χ3n) is 3.10. The van der Waals surface area contributed by atoms with Gasteiger partial charge in [0.25, 0.3) is 5.69 Å². The summed E-state index contributed by atoms with van der Waals surface area (Å²) in [5.41, 5.74) is -0.279. The van der Waals surface area contributed by atoms with E-state index in [9.17, 15) is 18.5 Å². The number of non-ortho nitro benzene ring substituents is 1. The minimum absolute atomic E-state index is 0. The fraction of sp³-hybridized carbons (Fsp3) is 0.533. The molecule has 0 heterocycles. The maximum Gasteiger partial charge on any atom is 0.270 e. The Morgan fingerprint density at radius 3 is 2.63 bits per heavy atom. The number of benzene rings is 1. The maximum absolute atomic E-state index is 12.2. The van der Waals surface area contributed by atoms with Gasteiger partial charge in [-0.05, 0) is 19.9 Å². The zero-order valence-corrected chi connectivity index (χ0v) is 18.5. The second-order valence-corrected chi connectivity index (χ2v) is 6.80. The number of nitro benzene ring substituents is 1. The molecule has 0 atom stereocenters. The van der Waals surface area contributed by atoms with Crippen molar-refractivity contribution in [2.75, 3.05) is 39.4 Å². The molecule has 0 fully saturated rings. The SMILES string of the molecule is CCNC(=NCCNS(=O)(=O)c1cccc([N+](=O)[O-])c1)NCCOCC.I. The van der Waals surface area contributed by atoms with Crippen molar-refractivity contribution in [1.82, 2.24) is 15.4 Å². The van der Waals surface area contributed by atoms with Crippen molar-refractivity contribution < 1.29 is 18.1 Å². The summed E-state index contributed by atoms with van der Waals surface area (Å²) in [6, 6.07) is 4.89. The van der Waals surface area contributed by atoms with Crippen LogP contribution in [0.2, 0.25) is 0 Å². The number of guanidine groups is 1. The van der Waals surface area contributed by atoms with Gasteiger partial charge in [-0.25, -0.2) is 13.1 Å². The molecule has 10 nitrogen and oxygen atoms in total. The smallest absolute Gasteiger partial charge is 0.270 e. The van der Waals surface area contributed by atoms with Crippen LogP contribution in [0.15, 0.2) is 34.2 Å². The Labute approximate surface area is 176 Å². The van der Waals surface area contributed by atoms with Crippen LogP contribution in [-0.2, 0) is 14.8 Å². The van der Waals surface area contributed by atoms with Crippen molar-refractivity contribution in [3.05, 3.63) is 34.4 Å². The molecular weight excluding hydrogens is 489 g/mol. The van der Waals surface area contributed by atoms with Gasteiger partial charge in [0, 0.05) is 38.4 Å². The highest BCUT2D eigenvalue weighted by molar-refractivity contribution is 14.0. The minimum Gasteiger partial charge on any atom is -0.380 e. The number of rotatable bonds is 11. The quantitative estimate of drug-likeness (QED) is 0.100. The average molecular weight is 515 g/mol. The van der Waals surface area contributed by atoms with Crippen LogP contribution >= 0.6 is 24.0 Å². The van der Waals surface area contributed by atoms with Crippen LogP contribution in [0.3, 0.4) is 0 Å². The molecular formula is C15H26IN5O5S. The topological polar surface area (TPSA) is 135 Å². The largest absolute Gasteiger partial charge is 0.380 e. The van der Waals surface area contributed by atoms with Crippen LogP contribution in [0.5, 0.6) is 0 Å². The first-order chi connectivity index (χ1) is 12.4. The highest BCUT2D eigenvalue weighted by Gasteiger charge is 2.16. The van der Waals surface area contributed by atoms with Gasteiger partial charge in [-0.15, -0.1) is 24.0 Å². The van der Waals surface area contributed by atoms with Gasteiger partial charge in [0.2, 0.25) is 10.0 Å². The van der Waals surface area contributed by atoms with Crippen molar-refractivity contribution >= 4 is 45.6 Å². The molecule has 0 bridgehead atoms. The predicted octanol–water partition coefficient (Wildman–Crippen LogP) is 1.08. The molecule has 1 aromatic carbocycles. The summed E-state index contributed by atoms with van der Waals surface area (Å²) in [6.45, 7) is 6.52. The van der Waals surface area contributed by atoms with E-state index in [1.54, 1.807) is 0 Å². The average Bonchev–Trinajstić information content (AvgIpc) is 2.62. The molecule has 0 aliphatic heterocycles. The van der Waals surface area contributed by atoms with Crippen LogP contribution in [0.1, 0.15) is 13.8 Å². The first-order valence-electron chi connectivity index (χ1n) is 8.24. The van der Waals surface area contributed by atoms with Crippen molar-refractivity contribution in [2.24, 2.45) is 4.99 Å². The first kappa shape index (κ1) is 25.5. The number of hydrogen-bond donors (Lipinski definition) is 3. The normalized spacial score (nSPS) is 11.6. The Morgan fingerprint density at radius 1 is 1.26 bits per heavy atom. The summed E-state index contributed by atoms with van der Waals surface area (Å²) in [5.74, 6) is 0.557. The standard InChI is InChI=1S/C15H25N5O5S.HI/c1-3-16-15(18-10-11-25-4-2)17-8-9-19-26(23,24)14-7-5-6-13(12-14)20(21)22;/h5-7,12,19H,3-4,8-11H2,1-2H3,(H2,16,17,18);1H. The van der Waals surface area contributed by atoms with E-state index in [0.717, 1.165) is 6.07 Å². The second-order valence-electron chi connectivity index (χ2n) is 5.04. The fourth-order valence-corrected chi connectivity index (χ4v) is 2.98. The zero-order valence-electron chi connectivity index (χ0n) is 15.3. The van der Waals surface area contributed by atoms with Crippen molar-refractivity contribution in [1.29, 1.82) is 0 Å². The molecule has 154 valence electrons. The summed E-state index contributed by atoms with van der Waals surface area (Å²) >= 11 is 0. The van der Waals surface area contributed by atoms with Gasteiger partial charge in [0.15, 0.2) is 5.96 Å². The number of sulfonamides is 1. The van der Waals surface area contributed by atoms with E-state index >= 15 is 0 Å². The van der Waals surface area contributed by atoms with Crippen LogP contribution in [0.25, 0.3) is 0 Å². The van der Waals surface area contributed by atoms with E-state index in [1.165, 1.54) is 18.2 Å². The molecule has 0 saturated heterocycles. The third kappa shape index (κ3) is 9.83. The molecule has 27 heavy (non-hydrogen) atoms. The van der Waals surface area contributed by atoms with Gasteiger partial charge >= 0.3 is 0 Å². The van der Waals surface area contributed by atoms with Gasteiger partial charge in [-0.2, -0.15) is 0 Å². The Morgan fingerprint density at radius 2 is 2.00 bits per heavy atom. The molecule has 0 amide bonds. The van der Waals surface area contributed by atoms with Gasteiger partial charge in [0.05, 0.1) is 23.0 Å². The number of aliphatic imine (C=N–C) groups is 1. The molecule has 0 radical (unpaired) electrons. The lowest BCUT2D eigenvalue weighted by Crippen LogP contribution is -2.39. The lowest BCUT2D eigenvalue weighted by atomic mass is 10.3. The molecule has 1 rings (SSSR count). The van der Waals surface area contributed by atoms with Crippen molar-refractivity contribution in [3.8, 4) is 0 Å². The maximum atomic E-state index is 12.2.